The second kappa shape index (κ2) is 5.53. The quantitative estimate of drug-likeness (QED) is 0.750. The van der Waals surface area contributed by atoms with Crippen LogP contribution in [0.2, 0.25) is 0 Å². The molecule has 0 fully saturated rings. The van der Waals surface area contributed by atoms with E-state index in [-0.39, 0.29) is 0 Å². The Balaban J connectivity index is 2.07. The zero-order valence-corrected chi connectivity index (χ0v) is 10.4. The molecule has 1 aliphatic rings. The molecular formula is C16H18O. The summed E-state index contributed by atoms with van der Waals surface area (Å²) >= 11 is 0. The standard InChI is InChI=1S/C16H18O/c1-13(15-6-4-3-5-7-15)12-14-8-10-16(17-2)11-9-14/h3-8,10-13H,9H2,1-2H3/b14-12-. The van der Waals surface area contributed by atoms with Gasteiger partial charge in [0.1, 0.15) is 5.76 Å². The summed E-state index contributed by atoms with van der Waals surface area (Å²) in [5, 5.41) is 0. The third-order valence-corrected chi connectivity index (χ3v) is 3.03. The normalized spacial score (nSPS) is 18.9. The number of allylic oxidation sites excluding steroid dienone is 5. The maximum absolute atomic E-state index is 5.18. The van der Waals surface area contributed by atoms with Crippen molar-refractivity contribution in [2.75, 3.05) is 7.11 Å². The van der Waals surface area contributed by atoms with Crippen molar-refractivity contribution in [2.24, 2.45) is 0 Å². The van der Waals surface area contributed by atoms with Gasteiger partial charge in [0.2, 0.25) is 0 Å². The van der Waals surface area contributed by atoms with Gasteiger partial charge < -0.3 is 4.74 Å². The number of methoxy groups -OCH3 is 1. The van der Waals surface area contributed by atoms with Gasteiger partial charge in [-0.3, -0.25) is 0 Å². The minimum Gasteiger partial charge on any atom is -0.497 e. The van der Waals surface area contributed by atoms with E-state index in [2.05, 4.69) is 55.5 Å². The van der Waals surface area contributed by atoms with E-state index in [0.717, 1.165) is 12.2 Å². The van der Waals surface area contributed by atoms with Crippen molar-refractivity contribution in [2.45, 2.75) is 19.3 Å². The van der Waals surface area contributed by atoms with Crippen LogP contribution in [-0.2, 0) is 4.74 Å². The molecule has 1 unspecified atom stereocenters. The van der Waals surface area contributed by atoms with Crippen molar-refractivity contribution in [3.8, 4) is 0 Å². The van der Waals surface area contributed by atoms with E-state index < -0.39 is 0 Å². The molecule has 0 saturated heterocycles. The number of benzene rings is 1. The average molecular weight is 226 g/mol. The van der Waals surface area contributed by atoms with E-state index in [0.29, 0.717) is 5.92 Å². The summed E-state index contributed by atoms with van der Waals surface area (Å²) in [6.07, 6.45) is 9.54. The molecule has 2 rings (SSSR count). The van der Waals surface area contributed by atoms with Crippen molar-refractivity contribution in [3.63, 3.8) is 0 Å². The van der Waals surface area contributed by atoms with E-state index >= 15 is 0 Å². The summed E-state index contributed by atoms with van der Waals surface area (Å²) in [7, 11) is 1.71. The molecule has 0 aromatic heterocycles. The van der Waals surface area contributed by atoms with Gasteiger partial charge in [0.05, 0.1) is 7.11 Å². The molecule has 1 aromatic carbocycles. The zero-order valence-electron chi connectivity index (χ0n) is 10.4. The average Bonchev–Trinajstić information content (AvgIpc) is 2.40. The van der Waals surface area contributed by atoms with Crippen LogP contribution in [0.3, 0.4) is 0 Å². The first-order valence-electron chi connectivity index (χ1n) is 5.97. The second-order valence-electron chi connectivity index (χ2n) is 4.29. The number of ether oxygens (including phenoxy) is 1. The van der Waals surface area contributed by atoms with Crippen LogP contribution in [0.1, 0.15) is 24.8 Å². The Morgan fingerprint density at radius 3 is 2.53 bits per heavy atom. The van der Waals surface area contributed by atoms with Gasteiger partial charge in [0.25, 0.3) is 0 Å². The summed E-state index contributed by atoms with van der Waals surface area (Å²) in [5.74, 6) is 1.41. The van der Waals surface area contributed by atoms with Gasteiger partial charge in [-0.2, -0.15) is 0 Å². The Morgan fingerprint density at radius 2 is 1.94 bits per heavy atom. The van der Waals surface area contributed by atoms with E-state index in [1.807, 2.05) is 6.08 Å². The van der Waals surface area contributed by atoms with Crippen LogP contribution in [0, 0.1) is 0 Å². The van der Waals surface area contributed by atoms with Gasteiger partial charge in [-0.1, -0.05) is 49.4 Å². The molecule has 0 bridgehead atoms. The molecular weight excluding hydrogens is 208 g/mol. The molecule has 1 heteroatoms. The van der Waals surface area contributed by atoms with Crippen molar-refractivity contribution < 1.29 is 4.74 Å². The first-order valence-corrected chi connectivity index (χ1v) is 5.97. The Bertz CT molecular complexity index is 452. The monoisotopic (exact) mass is 226 g/mol. The fourth-order valence-corrected chi connectivity index (χ4v) is 1.99. The molecule has 0 saturated carbocycles. The molecule has 1 nitrogen and oxygen atoms in total. The van der Waals surface area contributed by atoms with E-state index in [1.165, 1.54) is 11.1 Å². The highest BCUT2D eigenvalue weighted by atomic mass is 16.5. The minimum atomic E-state index is 0.452. The summed E-state index contributed by atoms with van der Waals surface area (Å²) in [4.78, 5) is 0. The van der Waals surface area contributed by atoms with Crippen LogP contribution in [-0.4, -0.2) is 7.11 Å². The van der Waals surface area contributed by atoms with Gasteiger partial charge in [-0.15, -0.1) is 0 Å². The largest absolute Gasteiger partial charge is 0.497 e. The lowest BCUT2D eigenvalue weighted by atomic mass is 9.96. The lowest BCUT2D eigenvalue weighted by molar-refractivity contribution is 0.304. The highest BCUT2D eigenvalue weighted by molar-refractivity contribution is 5.35. The highest BCUT2D eigenvalue weighted by Gasteiger charge is 2.05. The third-order valence-electron chi connectivity index (χ3n) is 3.03. The minimum absolute atomic E-state index is 0.452. The van der Waals surface area contributed by atoms with E-state index in [4.69, 9.17) is 4.74 Å². The number of hydrogen-bond donors (Lipinski definition) is 0. The molecule has 0 heterocycles. The van der Waals surface area contributed by atoms with Gasteiger partial charge in [-0.25, -0.2) is 0 Å². The summed E-state index contributed by atoms with van der Waals surface area (Å²) in [6, 6.07) is 10.6. The molecule has 0 aliphatic heterocycles. The van der Waals surface area contributed by atoms with Crippen LogP contribution in [0.5, 0.6) is 0 Å². The summed E-state index contributed by atoms with van der Waals surface area (Å²) < 4.78 is 5.18. The lowest BCUT2D eigenvalue weighted by Crippen LogP contribution is -1.94. The Hall–Kier alpha value is -1.76. The van der Waals surface area contributed by atoms with Crippen LogP contribution in [0.15, 0.2) is 66.0 Å². The maximum atomic E-state index is 5.18. The second-order valence-corrected chi connectivity index (χ2v) is 4.29. The molecule has 0 amide bonds. The van der Waals surface area contributed by atoms with Crippen molar-refractivity contribution in [3.05, 3.63) is 71.5 Å². The van der Waals surface area contributed by atoms with Gasteiger partial charge in [0.15, 0.2) is 0 Å². The molecule has 0 radical (unpaired) electrons. The Labute approximate surface area is 103 Å². The Morgan fingerprint density at radius 1 is 1.18 bits per heavy atom. The first-order chi connectivity index (χ1) is 8.29. The summed E-state index contributed by atoms with van der Waals surface area (Å²) in [6.45, 7) is 2.23. The fourth-order valence-electron chi connectivity index (χ4n) is 1.99. The third kappa shape index (κ3) is 3.10. The fraction of sp³-hybridized carbons (Fsp3) is 0.250. The molecule has 1 aromatic rings. The summed E-state index contributed by atoms with van der Waals surface area (Å²) in [5.41, 5.74) is 2.71. The Kier molecular flexibility index (Phi) is 3.81. The number of hydrogen-bond acceptors (Lipinski definition) is 1. The van der Waals surface area contributed by atoms with Crippen LogP contribution < -0.4 is 0 Å². The van der Waals surface area contributed by atoms with Gasteiger partial charge >= 0.3 is 0 Å². The highest BCUT2D eigenvalue weighted by Crippen LogP contribution is 2.22. The van der Waals surface area contributed by atoms with Crippen LogP contribution in [0.4, 0.5) is 0 Å². The van der Waals surface area contributed by atoms with Gasteiger partial charge in [-0.05, 0) is 35.6 Å². The predicted octanol–water partition coefficient (Wildman–Crippen LogP) is 4.21. The number of rotatable bonds is 3. The van der Waals surface area contributed by atoms with Crippen molar-refractivity contribution in [1.82, 2.24) is 0 Å². The van der Waals surface area contributed by atoms with Crippen molar-refractivity contribution >= 4 is 0 Å². The first kappa shape index (κ1) is 11.7. The zero-order chi connectivity index (χ0) is 12.1. The SMILES string of the molecule is COC1=CC/C(=C\C(C)c2ccccc2)C=C1. The molecule has 1 aliphatic carbocycles. The van der Waals surface area contributed by atoms with E-state index in [1.54, 1.807) is 7.11 Å². The molecule has 0 N–H and O–H groups in total. The van der Waals surface area contributed by atoms with Crippen molar-refractivity contribution in [1.29, 1.82) is 0 Å². The van der Waals surface area contributed by atoms with Crippen LogP contribution >= 0.6 is 0 Å². The predicted molar refractivity (Wildman–Crippen MR) is 71.8 cm³/mol. The lowest BCUT2D eigenvalue weighted by Gasteiger charge is -2.12. The molecule has 17 heavy (non-hydrogen) atoms. The maximum Gasteiger partial charge on any atom is 0.115 e. The van der Waals surface area contributed by atoms with Crippen LogP contribution in [0.25, 0.3) is 0 Å². The van der Waals surface area contributed by atoms with E-state index in [9.17, 15) is 0 Å². The van der Waals surface area contributed by atoms with Gasteiger partial charge in [0, 0.05) is 0 Å². The smallest absolute Gasteiger partial charge is 0.115 e. The topological polar surface area (TPSA) is 9.23 Å². The molecule has 0 spiro atoms. The molecule has 88 valence electrons. The molecule has 1 atom stereocenters.